The van der Waals surface area contributed by atoms with E-state index in [4.69, 9.17) is 8.53 Å². The molecular formula is C92H69BN4O. The second-order valence-electron chi connectivity index (χ2n) is 27.9. The molecule has 0 fully saturated rings. The molecule has 17 aromatic rings. The van der Waals surface area contributed by atoms with Crippen molar-refractivity contribution in [3.05, 3.63) is 320 Å². The fraction of sp³-hybridized carbons (Fsp3) is 0.0870. The Labute approximate surface area is 589 Å². The van der Waals surface area contributed by atoms with E-state index in [9.17, 15) is 13.7 Å². The molecule has 5 nitrogen and oxygen atoms in total. The van der Waals surface area contributed by atoms with E-state index in [0.29, 0.717) is 33.8 Å². The first-order valence-corrected chi connectivity index (χ1v) is 33.3. The van der Waals surface area contributed by atoms with Gasteiger partial charge >= 0.3 is 0 Å². The van der Waals surface area contributed by atoms with Gasteiger partial charge in [-0.15, -0.1) is 0 Å². The van der Waals surface area contributed by atoms with Crippen LogP contribution in [0.4, 0.5) is 34.1 Å². The molecule has 3 aromatic heterocycles. The van der Waals surface area contributed by atoms with E-state index < -0.39 is 73.2 Å². The normalized spacial score (nSPS) is 14.8. The summed E-state index contributed by atoms with van der Waals surface area (Å²) in [6, 6.07) is 73.1. The largest absolute Gasteiger partial charge is 0.456 e. The highest BCUT2D eigenvalue weighted by molar-refractivity contribution is 7.00. The first-order valence-electron chi connectivity index (χ1n) is 39.8. The SMILES string of the molecule is [2H]c1c([2H])c([2H])c(-c2ccc3c(c2)N(c2cc(-c4ccccc4)cc4c2c2ccccc2n4-c2ccccc2)c2cc(-c4cc(C(C)(C)C)cc(C(C)(C)C)c4)cc4c2B3c2ccc(-n3c5c([2H])c([2H])c([2H])c([2H])c5c5c([2H])c([2H])c([2H])c([2H])c53)cc2N4c2c(-c3ccccc3)ccc3oc4ccccc4c23)c([2H])c1[2H]. The minimum absolute atomic E-state index is 0.0254. The Morgan fingerprint density at radius 2 is 0.867 bits per heavy atom. The van der Waals surface area contributed by atoms with Crippen LogP contribution in [0, 0.1) is 0 Å². The Morgan fingerprint density at radius 1 is 0.327 bits per heavy atom. The smallest absolute Gasteiger partial charge is 0.252 e. The molecule has 0 bridgehead atoms. The topological polar surface area (TPSA) is 29.5 Å². The lowest BCUT2D eigenvalue weighted by molar-refractivity contribution is 0.569. The molecule has 0 aliphatic carbocycles. The van der Waals surface area contributed by atoms with Crippen LogP contribution in [0.3, 0.4) is 0 Å². The van der Waals surface area contributed by atoms with Gasteiger partial charge < -0.3 is 23.4 Å². The van der Waals surface area contributed by atoms with Crippen molar-refractivity contribution >= 4 is 123 Å². The lowest BCUT2D eigenvalue weighted by Crippen LogP contribution is -2.61. The number of anilines is 6. The number of aromatic nitrogens is 2. The van der Waals surface area contributed by atoms with Crippen LogP contribution in [-0.4, -0.2) is 15.8 Å². The highest BCUT2D eigenvalue weighted by atomic mass is 16.3. The summed E-state index contributed by atoms with van der Waals surface area (Å²) in [4.78, 5) is 4.67. The fourth-order valence-electron chi connectivity index (χ4n) is 15.5. The number of hydrogen-bond donors (Lipinski definition) is 0. The molecule has 0 saturated carbocycles. The summed E-state index contributed by atoms with van der Waals surface area (Å²) >= 11 is 0. The quantitative estimate of drug-likeness (QED) is 0.142. The molecule has 2 aliphatic heterocycles. The van der Waals surface area contributed by atoms with Crippen LogP contribution in [-0.2, 0) is 10.8 Å². The Balaban J connectivity index is 1.05. The molecule has 0 amide bonds. The molecule has 6 heteroatoms. The summed E-state index contributed by atoms with van der Waals surface area (Å²) in [7, 11) is 0. The number of hydrogen-bond acceptors (Lipinski definition) is 3. The molecule has 0 N–H and O–H groups in total. The summed E-state index contributed by atoms with van der Waals surface area (Å²) in [5.74, 6) is 0. The van der Waals surface area contributed by atoms with Gasteiger partial charge in [0.25, 0.3) is 6.71 Å². The number of para-hydroxylation sites is 5. The summed E-state index contributed by atoms with van der Waals surface area (Å²) in [6.45, 7) is 12.7. The summed E-state index contributed by atoms with van der Waals surface area (Å²) in [5.41, 5.74) is 18.3. The van der Waals surface area contributed by atoms with Crippen molar-refractivity contribution in [2.75, 3.05) is 9.80 Å². The lowest BCUT2D eigenvalue weighted by atomic mass is 9.33. The average molecular weight is 1270 g/mol. The predicted octanol–water partition coefficient (Wildman–Crippen LogP) is 23.1. The molecule has 14 aromatic carbocycles. The van der Waals surface area contributed by atoms with Gasteiger partial charge in [0, 0.05) is 66.6 Å². The third-order valence-electron chi connectivity index (χ3n) is 20.1. The van der Waals surface area contributed by atoms with Crippen LogP contribution in [0.5, 0.6) is 0 Å². The van der Waals surface area contributed by atoms with Gasteiger partial charge in [-0.2, -0.15) is 0 Å². The number of fused-ring (bicyclic) bond motifs is 13. The molecule has 0 saturated heterocycles. The maximum Gasteiger partial charge on any atom is 0.252 e. The highest BCUT2D eigenvalue weighted by Crippen LogP contribution is 2.55. The van der Waals surface area contributed by atoms with E-state index in [2.05, 4.69) is 171 Å². The first-order chi connectivity index (χ1) is 53.3. The van der Waals surface area contributed by atoms with Crippen molar-refractivity contribution in [1.29, 1.82) is 0 Å². The van der Waals surface area contributed by atoms with Gasteiger partial charge in [-0.25, -0.2) is 0 Å². The molecule has 2 aliphatic rings. The molecule has 0 spiro atoms. The van der Waals surface area contributed by atoms with Gasteiger partial charge in [0.15, 0.2) is 0 Å². The van der Waals surface area contributed by atoms with Crippen LogP contribution in [0.1, 0.15) is 70.5 Å². The summed E-state index contributed by atoms with van der Waals surface area (Å²) < 4.78 is 133. The fourth-order valence-corrected chi connectivity index (χ4v) is 15.5. The third-order valence-corrected chi connectivity index (χ3v) is 20.1. The van der Waals surface area contributed by atoms with E-state index in [1.807, 2.05) is 115 Å². The standard InChI is InChI=1S/C92H69BN4O/c1-91(2,3)65-49-62(50-66(56-65)92(4,5)6)64-54-83-89-84(55-64)97(90-69(60-31-15-9-16-32-60)45-48-86-88(90)73-38-22-26-42-85(73)98-86)80-57-68(95-76-39-23-19-35-70(76)71-36-20-24-40-77(71)95)44-47-75(80)93(89)74-46-43-61(58-27-11-7-12-28-58)51-79(74)96(83)82-53-63(59-29-13-8-14-30-59)52-81-87(82)72-37-21-25-41-78(72)94(81)67-33-17-10-18-34-67/h7-57H,1-6H3/i7D,11D,12D,19D,20D,23D,24D,27D,28D,35D,36D,39D,40D. The Kier molecular flexibility index (Phi) is 10.1. The van der Waals surface area contributed by atoms with E-state index >= 15 is 0 Å². The Bertz CT molecular complexity index is 6780. The molecule has 19 rings (SSSR count). The van der Waals surface area contributed by atoms with Crippen LogP contribution >= 0.6 is 0 Å². The molecule has 0 radical (unpaired) electrons. The average Bonchev–Trinajstić information content (AvgIpc) is 1.67. The zero-order chi connectivity index (χ0) is 77.0. The predicted molar refractivity (Wildman–Crippen MR) is 416 cm³/mol. The zero-order valence-electron chi connectivity index (χ0n) is 67.7. The second kappa shape index (κ2) is 21.8. The van der Waals surface area contributed by atoms with Gasteiger partial charge in [0.1, 0.15) is 11.2 Å². The van der Waals surface area contributed by atoms with Crippen LogP contribution < -0.4 is 26.2 Å². The second-order valence-corrected chi connectivity index (χ2v) is 27.9. The summed E-state index contributed by atoms with van der Waals surface area (Å²) in [5, 5.41) is 3.37. The minimum Gasteiger partial charge on any atom is -0.456 e. The van der Waals surface area contributed by atoms with E-state index in [-0.39, 0.29) is 50.3 Å². The minimum atomic E-state index is -0.720. The number of nitrogens with zero attached hydrogens (tertiary/aromatic N) is 4. The number of furan rings is 1. The maximum absolute atomic E-state index is 9.84. The maximum atomic E-state index is 9.84. The van der Waals surface area contributed by atoms with Crippen LogP contribution in [0.2, 0.25) is 0 Å². The Morgan fingerprint density at radius 3 is 1.56 bits per heavy atom. The molecule has 0 atom stereocenters. The van der Waals surface area contributed by atoms with Crippen LogP contribution in [0.15, 0.2) is 313 Å². The van der Waals surface area contributed by atoms with Crippen molar-refractivity contribution in [3.8, 4) is 55.9 Å². The molecule has 5 heterocycles. The van der Waals surface area contributed by atoms with Crippen molar-refractivity contribution in [2.24, 2.45) is 0 Å². The van der Waals surface area contributed by atoms with E-state index in [1.54, 1.807) is 4.57 Å². The molecule has 98 heavy (non-hydrogen) atoms. The number of rotatable bonds is 8. The van der Waals surface area contributed by atoms with Gasteiger partial charge in [0.05, 0.1) is 56.6 Å². The van der Waals surface area contributed by atoms with Crippen molar-refractivity contribution in [3.63, 3.8) is 0 Å². The van der Waals surface area contributed by atoms with Gasteiger partial charge in [-0.05, 0) is 168 Å². The van der Waals surface area contributed by atoms with Crippen molar-refractivity contribution < 1.29 is 22.2 Å². The first kappa shape index (κ1) is 45.5. The van der Waals surface area contributed by atoms with Crippen LogP contribution in [0.25, 0.3) is 121 Å². The van der Waals surface area contributed by atoms with Crippen molar-refractivity contribution in [2.45, 2.75) is 52.4 Å². The van der Waals surface area contributed by atoms with Gasteiger partial charge in [-0.1, -0.05) is 260 Å². The monoisotopic (exact) mass is 1270 g/mol. The third kappa shape index (κ3) is 8.94. The zero-order valence-corrected chi connectivity index (χ0v) is 54.7. The van der Waals surface area contributed by atoms with Crippen molar-refractivity contribution in [1.82, 2.24) is 9.13 Å². The van der Waals surface area contributed by atoms with E-state index in [0.717, 1.165) is 122 Å². The Hall–Kier alpha value is -11.9. The molecule has 0 unspecified atom stereocenters. The van der Waals surface area contributed by atoms with E-state index in [1.165, 1.54) is 0 Å². The van der Waals surface area contributed by atoms with Gasteiger partial charge in [0.2, 0.25) is 0 Å². The summed E-state index contributed by atoms with van der Waals surface area (Å²) in [6.07, 6.45) is 0. The highest BCUT2D eigenvalue weighted by Gasteiger charge is 2.46. The number of benzene rings is 14. The lowest BCUT2D eigenvalue weighted by Gasteiger charge is -2.45. The molecular weight excluding hydrogens is 1190 g/mol. The van der Waals surface area contributed by atoms with Gasteiger partial charge in [-0.3, -0.25) is 0 Å². The molecule has 466 valence electrons.